The molecule has 2 aliphatic carbocycles. The molecule has 0 unspecified atom stereocenters. The second-order valence-corrected chi connectivity index (χ2v) is 4.57. The van der Waals surface area contributed by atoms with Gasteiger partial charge in [0, 0.05) is 0 Å². The normalized spacial score (nSPS) is 36.0. The summed E-state index contributed by atoms with van der Waals surface area (Å²) >= 11 is 11.6. The summed E-state index contributed by atoms with van der Waals surface area (Å²) in [6.07, 6.45) is 6.57. The molecule has 0 heterocycles. The Balaban J connectivity index is 2.21. The SMILES string of the molecule is ClC(Cl)=C1CC[C@H]2CCC[C@@H]12. The third-order valence-electron chi connectivity index (χ3n) is 3.13. The summed E-state index contributed by atoms with van der Waals surface area (Å²) in [7, 11) is 0. The van der Waals surface area contributed by atoms with Crippen molar-refractivity contribution in [2.24, 2.45) is 11.8 Å². The van der Waals surface area contributed by atoms with E-state index in [2.05, 4.69) is 0 Å². The minimum absolute atomic E-state index is 0.555. The summed E-state index contributed by atoms with van der Waals surface area (Å²) in [4.78, 5) is 0. The highest BCUT2D eigenvalue weighted by Crippen LogP contribution is 2.49. The minimum atomic E-state index is 0.555. The van der Waals surface area contributed by atoms with Gasteiger partial charge in [-0.05, 0) is 43.1 Å². The molecule has 0 aromatic rings. The molecule has 2 atom stereocenters. The molecule has 2 fully saturated rings. The molecule has 0 saturated heterocycles. The van der Waals surface area contributed by atoms with Crippen molar-refractivity contribution >= 4 is 23.2 Å². The molecule has 0 radical (unpaired) electrons. The molecule has 0 nitrogen and oxygen atoms in total. The molecule has 11 heavy (non-hydrogen) atoms. The Labute approximate surface area is 77.6 Å². The standard InChI is InChI=1S/C9H12Cl2/c10-9(11)8-5-4-6-2-1-3-7(6)8/h6-7H,1-5H2/t6-,7-/m1/s1. The van der Waals surface area contributed by atoms with E-state index in [1.165, 1.54) is 31.3 Å². The molecule has 0 amide bonds. The smallest absolute Gasteiger partial charge is 0.0709 e. The fourth-order valence-electron chi connectivity index (χ4n) is 2.60. The van der Waals surface area contributed by atoms with Gasteiger partial charge >= 0.3 is 0 Å². The summed E-state index contributed by atoms with van der Waals surface area (Å²) in [5, 5.41) is 0. The first-order valence-corrected chi connectivity index (χ1v) is 5.08. The van der Waals surface area contributed by atoms with E-state index >= 15 is 0 Å². The van der Waals surface area contributed by atoms with Crippen LogP contribution in [0.4, 0.5) is 0 Å². The van der Waals surface area contributed by atoms with E-state index in [9.17, 15) is 0 Å². The Morgan fingerprint density at radius 3 is 2.73 bits per heavy atom. The Morgan fingerprint density at radius 2 is 2.00 bits per heavy atom. The molecule has 2 rings (SSSR count). The Kier molecular flexibility index (Phi) is 2.16. The maximum Gasteiger partial charge on any atom is 0.106 e. The van der Waals surface area contributed by atoms with Gasteiger partial charge in [0.2, 0.25) is 0 Å². The molecular formula is C9H12Cl2. The van der Waals surface area contributed by atoms with Crippen molar-refractivity contribution in [3.8, 4) is 0 Å². The van der Waals surface area contributed by atoms with Gasteiger partial charge in [-0.1, -0.05) is 29.6 Å². The molecule has 0 aromatic carbocycles. The van der Waals surface area contributed by atoms with Crippen LogP contribution < -0.4 is 0 Å². The van der Waals surface area contributed by atoms with Crippen molar-refractivity contribution < 1.29 is 0 Å². The van der Waals surface area contributed by atoms with Gasteiger partial charge in [-0.25, -0.2) is 0 Å². The molecule has 0 aliphatic heterocycles. The number of allylic oxidation sites excluding steroid dienone is 1. The first kappa shape index (κ1) is 7.94. The summed E-state index contributed by atoms with van der Waals surface area (Å²) in [5.41, 5.74) is 1.34. The maximum absolute atomic E-state index is 5.80. The van der Waals surface area contributed by atoms with Crippen molar-refractivity contribution in [3.63, 3.8) is 0 Å². The lowest BCUT2D eigenvalue weighted by Crippen LogP contribution is -1.99. The lowest BCUT2D eigenvalue weighted by Gasteiger charge is -2.09. The zero-order valence-electron chi connectivity index (χ0n) is 6.45. The first-order chi connectivity index (χ1) is 5.29. The highest BCUT2D eigenvalue weighted by atomic mass is 35.5. The summed E-state index contributed by atoms with van der Waals surface area (Å²) < 4.78 is 0.555. The molecule has 0 spiro atoms. The fraction of sp³-hybridized carbons (Fsp3) is 0.778. The second kappa shape index (κ2) is 2.99. The zero-order valence-corrected chi connectivity index (χ0v) is 7.96. The van der Waals surface area contributed by atoms with Crippen LogP contribution >= 0.6 is 23.2 Å². The average Bonchev–Trinajstić information content (AvgIpc) is 2.41. The summed E-state index contributed by atoms with van der Waals surface area (Å²) in [6.45, 7) is 0. The monoisotopic (exact) mass is 190 g/mol. The molecule has 2 saturated carbocycles. The van der Waals surface area contributed by atoms with Crippen LogP contribution in [0.1, 0.15) is 32.1 Å². The van der Waals surface area contributed by atoms with Gasteiger partial charge in [0.25, 0.3) is 0 Å². The van der Waals surface area contributed by atoms with E-state index in [0.29, 0.717) is 4.49 Å². The molecule has 62 valence electrons. The van der Waals surface area contributed by atoms with Crippen LogP contribution in [-0.4, -0.2) is 0 Å². The van der Waals surface area contributed by atoms with Crippen LogP contribution in [0.5, 0.6) is 0 Å². The minimum Gasteiger partial charge on any atom is -0.0709 e. The molecule has 0 aromatic heterocycles. The van der Waals surface area contributed by atoms with Crippen LogP contribution in [0.25, 0.3) is 0 Å². The van der Waals surface area contributed by atoms with Gasteiger partial charge in [-0.2, -0.15) is 0 Å². The highest BCUT2D eigenvalue weighted by Gasteiger charge is 2.36. The van der Waals surface area contributed by atoms with Crippen LogP contribution in [0, 0.1) is 11.8 Å². The van der Waals surface area contributed by atoms with Gasteiger partial charge in [0.15, 0.2) is 0 Å². The fourth-order valence-corrected chi connectivity index (χ4v) is 3.07. The number of rotatable bonds is 0. The van der Waals surface area contributed by atoms with Gasteiger partial charge in [-0.15, -0.1) is 0 Å². The summed E-state index contributed by atoms with van der Waals surface area (Å²) in [5.74, 6) is 1.66. The Hall–Kier alpha value is 0.320. The predicted molar refractivity (Wildman–Crippen MR) is 48.8 cm³/mol. The highest BCUT2D eigenvalue weighted by molar-refractivity contribution is 6.56. The lowest BCUT2D eigenvalue weighted by atomic mass is 9.98. The molecule has 2 heteroatoms. The lowest BCUT2D eigenvalue weighted by molar-refractivity contribution is 0.491. The molecule has 0 bridgehead atoms. The topological polar surface area (TPSA) is 0 Å². The van der Waals surface area contributed by atoms with Crippen molar-refractivity contribution in [1.82, 2.24) is 0 Å². The van der Waals surface area contributed by atoms with Gasteiger partial charge in [-0.3, -0.25) is 0 Å². The largest absolute Gasteiger partial charge is 0.106 e. The van der Waals surface area contributed by atoms with E-state index in [1.807, 2.05) is 0 Å². The summed E-state index contributed by atoms with van der Waals surface area (Å²) in [6, 6.07) is 0. The van der Waals surface area contributed by atoms with E-state index in [-0.39, 0.29) is 0 Å². The first-order valence-electron chi connectivity index (χ1n) is 4.33. The van der Waals surface area contributed by atoms with E-state index in [1.54, 1.807) is 0 Å². The van der Waals surface area contributed by atoms with E-state index < -0.39 is 0 Å². The van der Waals surface area contributed by atoms with Crippen LogP contribution in [-0.2, 0) is 0 Å². The number of halogens is 2. The van der Waals surface area contributed by atoms with Crippen molar-refractivity contribution in [2.75, 3.05) is 0 Å². The van der Waals surface area contributed by atoms with Crippen molar-refractivity contribution in [3.05, 3.63) is 10.1 Å². The Morgan fingerprint density at radius 1 is 1.18 bits per heavy atom. The number of hydrogen-bond donors (Lipinski definition) is 0. The zero-order chi connectivity index (χ0) is 7.84. The average molecular weight is 191 g/mol. The van der Waals surface area contributed by atoms with Crippen LogP contribution in [0.3, 0.4) is 0 Å². The van der Waals surface area contributed by atoms with Crippen molar-refractivity contribution in [1.29, 1.82) is 0 Å². The second-order valence-electron chi connectivity index (χ2n) is 3.62. The van der Waals surface area contributed by atoms with E-state index in [4.69, 9.17) is 23.2 Å². The molecule has 2 aliphatic rings. The van der Waals surface area contributed by atoms with Gasteiger partial charge in [0.05, 0.1) is 0 Å². The predicted octanol–water partition coefficient (Wildman–Crippen LogP) is 3.89. The molecule has 0 N–H and O–H groups in total. The van der Waals surface area contributed by atoms with Crippen LogP contribution in [0.15, 0.2) is 10.1 Å². The molecular weight excluding hydrogens is 179 g/mol. The van der Waals surface area contributed by atoms with Gasteiger partial charge in [0.1, 0.15) is 4.49 Å². The maximum atomic E-state index is 5.80. The number of hydrogen-bond acceptors (Lipinski definition) is 0. The third-order valence-corrected chi connectivity index (χ3v) is 3.62. The van der Waals surface area contributed by atoms with Crippen LogP contribution in [0.2, 0.25) is 0 Å². The van der Waals surface area contributed by atoms with E-state index in [0.717, 1.165) is 18.3 Å². The van der Waals surface area contributed by atoms with Gasteiger partial charge < -0.3 is 0 Å². The van der Waals surface area contributed by atoms with Crippen molar-refractivity contribution in [2.45, 2.75) is 32.1 Å². The number of fused-ring (bicyclic) bond motifs is 1. The quantitative estimate of drug-likeness (QED) is 0.544. The Bertz CT molecular complexity index is 192. The third kappa shape index (κ3) is 1.31.